The summed E-state index contributed by atoms with van der Waals surface area (Å²) in [6.07, 6.45) is 0. The van der Waals surface area contributed by atoms with E-state index in [1.165, 1.54) is 64.6 Å². The molecule has 252 valence electrons. The molecule has 4 heterocycles. The number of benzene rings is 8. The first-order valence-electron chi connectivity index (χ1n) is 18.7. The Hall–Kier alpha value is -7.50. The van der Waals surface area contributed by atoms with Crippen molar-refractivity contribution in [3.8, 4) is 17.2 Å². The number of hydrogen-bond donors (Lipinski definition) is 0. The molecule has 0 aliphatic rings. The van der Waals surface area contributed by atoms with E-state index in [1.54, 1.807) is 0 Å². The fourth-order valence-corrected chi connectivity index (χ4v) is 9.94. The van der Waals surface area contributed by atoms with Crippen molar-refractivity contribution in [3.05, 3.63) is 152 Å². The Labute approximate surface area is 310 Å². The second-order valence-electron chi connectivity index (χ2n) is 14.8. The molecule has 4 aromatic heterocycles. The van der Waals surface area contributed by atoms with Crippen molar-refractivity contribution in [2.75, 3.05) is 0 Å². The Balaban J connectivity index is 1.23. The highest BCUT2D eigenvalue weighted by Crippen LogP contribution is 2.50. The lowest BCUT2D eigenvalue weighted by molar-refractivity contribution is 0.666. The number of hydrogen-bond acceptors (Lipinski definition) is 4. The Morgan fingerprint density at radius 2 is 0.945 bits per heavy atom. The molecular formula is C50H25N3O2. The molecule has 0 radical (unpaired) electrons. The second-order valence-corrected chi connectivity index (χ2v) is 14.8. The average molecular weight is 700 g/mol. The van der Waals surface area contributed by atoms with Crippen molar-refractivity contribution in [1.82, 2.24) is 14.5 Å². The molecule has 0 aliphatic heterocycles. The fraction of sp³-hybridized carbons (Fsp3) is 0. The van der Waals surface area contributed by atoms with Crippen LogP contribution in [0.15, 0.2) is 160 Å². The van der Waals surface area contributed by atoms with E-state index in [2.05, 4.69) is 114 Å². The average Bonchev–Trinajstić information content (AvgIpc) is 3.97. The van der Waals surface area contributed by atoms with Gasteiger partial charge in [0.05, 0.1) is 11.0 Å². The van der Waals surface area contributed by atoms with Gasteiger partial charge in [-0.3, -0.25) is 4.57 Å². The lowest BCUT2D eigenvalue weighted by Crippen LogP contribution is -2.03. The third-order valence-corrected chi connectivity index (χ3v) is 12.1. The third kappa shape index (κ3) is 3.36. The number of rotatable bonds is 2. The normalized spacial score (nSPS) is 12.7. The van der Waals surface area contributed by atoms with Gasteiger partial charge >= 0.3 is 0 Å². The summed E-state index contributed by atoms with van der Waals surface area (Å²) in [7, 11) is 0. The quantitative estimate of drug-likeness (QED) is 0.180. The van der Waals surface area contributed by atoms with Crippen LogP contribution in [0, 0.1) is 0 Å². The minimum atomic E-state index is 0.598. The zero-order valence-electron chi connectivity index (χ0n) is 29.1. The summed E-state index contributed by atoms with van der Waals surface area (Å²) in [5, 5.41) is 18.0. The largest absolute Gasteiger partial charge is 0.456 e. The maximum absolute atomic E-state index is 6.68. The van der Waals surface area contributed by atoms with E-state index >= 15 is 0 Å². The van der Waals surface area contributed by atoms with Gasteiger partial charge in [-0.15, -0.1) is 0 Å². The van der Waals surface area contributed by atoms with Gasteiger partial charge in [-0.1, -0.05) is 115 Å². The number of para-hydroxylation sites is 2. The summed E-state index contributed by atoms with van der Waals surface area (Å²) in [5.41, 5.74) is 7.68. The first-order valence-corrected chi connectivity index (χ1v) is 18.7. The van der Waals surface area contributed by atoms with Crippen LogP contribution in [-0.4, -0.2) is 14.5 Å². The molecule has 55 heavy (non-hydrogen) atoms. The highest BCUT2D eigenvalue weighted by Gasteiger charge is 2.27. The Morgan fingerprint density at radius 1 is 0.364 bits per heavy atom. The van der Waals surface area contributed by atoms with E-state index in [4.69, 9.17) is 18.8 Å². The molecular weight excluding hydrogens is 675 g/mol. The van der Waals surface area contributed by atoms with Gasteiger partial charge in [0.25, 0.3) is 0 Å². The Morgan fingerprint density at radius 3 is 1.71 bits per heavy atom. The van der Waals surface area contributed by atoms with E-state index in [1.807, 2.05) is 42.5 Å². The molecule has 0 saturated carbocycles. The standard InChI is InChI=1S/C50H25N3O2/c1-2-12-27-26(11-1)30-17-9-19-37-44(30)46-38(25-36-29-14-4-3-13-28(29)31-23-24-32(27)45(46)43(31)36)53(37)50-51-47-34-16-6-8-21-40(34)55-49(47)48(52-50)35-18-10-22-41-42(35)33-15-5-7-20-39(33)54-41/h1-25H. The number of nitrogens with zero attached hydrogens (tertiary/aromatic N) is 3. The van der Waals surface area contributed by atoms with Gasteiger partial charge in [0.15, 0.2) is 5.58 Å². The molecule has 14 aromatic rings. The molecule has 0 fully saturated rings. The van der Waals surface area contributed by atoms with Gasteiger partial charge in [0, 0.05) is 37.9 Å². The maximum atomic E-state index is 6.68. The van der Waals surface area contributed by atoms with Crippen molar-refractivity contribution in [3.63, 3.8) is 0 Å². The minimum absolute atomic E-state index is 0.598. The van der Waals surface area contributed by atoms with Crippen LogP contribution in [0.25, 0.3) is 137 Å². The summed E-state index contributed by atoms with van der Waals surface area (Å²) in [4.78, 5) is 11.0. The Kier molecular flexibility index (Phi) is 4.96. The van der Waals surface area contributed by atoms with Crippen molar-refractivity contribution < 1.29 is 8.83 Å². The molecule has 0 amide bonds. The molecule has 0 aliphatic carbocycles. The molecule has 0 atom stereocenters. The smallest absolute Gasteiger partial charge is 0.236 e. The van der Waals surface area contributed by atoms with Crippen LogP contribution in [0.2, 0.25) is 0 Å². The summed E-state index contributed by atoms with van der Waals surface area (Å²) >= 11 is 0. The first-order chi connectivity index (χ1) is 27.3. The van der Waals surface area contributed by atoms with Gasteiger partial charge in [0.1, 0.15) is 28.0 Å². The molecule has 0 N–H and O–H groups in total. The van der Waals surface area contributed by atoms with E-state index in [0.717, 1.165) is 60.7 Å². The van der Waals surface area contributed by atoms with E-state index in [9.17, 15) is 0 Å². The SMILES string of the molecule is c1ccc2c(c1)oc1c(-c3cccc4oc5ccccc5c34)nc(-n3c4cccc5c6ccccc6c6ccc7c8ccccc8c8cc3c(c6c78)c54)nc12. The molecule has 0 saturated heterocycles. The lowest BCUT2D eigenvalue weighted by atomic mass is 9.97. The molecule has 0 bridgehead atoms. The van der Waals surface area contributed by atoms with Gasteiger partial charge in [-0.25, -0.2) is 9.97 Å². The lowest BCUT2D eigenvalue weighted by Gasteiger charge is -2.11. The van der Waals surface area contributed by atoms with Crippen LogP contribution in [0.1, 0.15) is 0 Å². The molecule has 0 unspecified atom stereocenters. The van der Waals surface area contributed by atoms with E-state index < -0.39 is 0 Å². The molecule has 5 heteroatoms. The monoisotopic (exact) mass is 699 g/mol. The third-order valence-electron chi connectivity index (χ3n) is 12.1. The van der Waals surface area contributed by atoms with Crippen LogP contribution in [0.3, 0.4) is 0 Å². The van der Waals surface area contributed by atoms with Gasteiger partial charge in [-0.05, 0) is 84.9 Å². The predicted octanol–water partition coefficient (Wildman–Crippen LogP) is 13.7. The van der Waals surface area contributed by atoms with Gasteiger partial charge in [0.2, 0.25) is 5.95 Å². The van der Waals surface area contributed by atoms with E-state index in [0.29, 0.717) is 11.5 Å². The number of fused-ring (bicyclic) bond motifs is 12. The Bertz CT molecular complexity index is 3960. The molecule has 10 aromatic carbocycles. The van der Waals surface area contributed by atoms with Crippen LogP contribution in [0.5, 0.6) is 0 Å². The molecule has 5 nitrogen and oxygen atoms in total. The summed E-state index contributed by atoms with van der Waals surface area (Å²) in [6.45, 7) is 0. The number of aromatic nitrogens is 3. The van der Waals surface area contributed by atoms with Crippen LogP contribution < -0.4 is 0 Å². The first kappa shape index (κ1) is 28.1. The highest BCUT2D eigenvalue weighted by molar-refractivity contribution is 6.44. The fourth-order valence-electron chi connectivity index (χ4n) is 9.94. The topological polar surface area (TPSA) is 57.0 Å². The molecule has 0 spiro atoms. The van der Waals surface area contributed by atoms with Crippen molar-refractivity contribution in [2.45, 2.75) is 0 Å². The predicted molar refractivity (Wildman–Crippen MR) is 226 cm³/mol. The number of furan rings is 2. The summed E-state index contributed by atoms with van der Waals surface area (Å²) < 4.78 is 15.4. The van der Waals surface area contributed by atoms with Crippen LogP contribution in [0.4, 0.5) is 0 Å². The zero-order valence-corrected chi connectivity index (χ0v) is 29.1. The summed E-state index contributed by atoms with van der Waals surface area (Å²) in [5.74, 6) is 0.598. The minimum Gasteiger partial charge on any atom is -0.456 e. The van der Waals surface area contributed by atoms with Crippen LogP contribution >= 0.6 is 0 Å². The highest BCUT2D eigenvalue weighted by atomic mass is 16.3. The molecule has 14 rings (SSSR count). The van der Waals surface area contributed by atoms with Gasteiger partial charge < -0.3 is 8.83 Å². The van der Waals surface area contributed by atoms with Gasteiger partial charge in [-0.2, -0.15) is 0 Å². The summed E-state index contributed by atoms with van der Waals surface area (Å²) in [6, 6.07) is 53.9. The van der Waals surface area contributed by atoms with Crippen molar-refractivity contribution >= 4 is 120 Å². The van der Waals surface area contributed by atoms with Crippen molar-refractivity contribution in [2.24, 2.45) is 0 Å². The van der Waals surface area contributed by atoms with Crippen molar-refractivity contribution in [1.29, 1.82) is 0 Å². The second kappa shape index (κ2) is 9.72. The van der Waals surface area contributed by atoms with Crippen LogP contribution in [-0.2, 0) is 0 Å². The zero-order chi connectivity index (χ0) is 35.5. The maximum Gasteiger partial charge on any atom is 0.236 e. The van der Waals surface area contributed by atoms with E-state index in [-0.39, 0.29) is 0 Å².